The molecule has 1 N–H and O–H groups in total. The molecule has 2 amide bonds. The number of likely N-dealkylation sites (tertiary alicyclic amines) is 1. The minimum atomic E-state index is -0.285. The molecule has 16 heavy (non-hydrogen) atoms. The topological polar surface area (TPSA) is 49.4 Å². The largest absolute Gasteiger partial charge is 0.303 e. The van der Waals surface area contributed by atoms with Crippen LogP contribution >= 0.6 is 0 Å². The highest BCUT2D eigenvalue weighted by molar-refractivity contribution is 6.05. The molecule has 1 saturated carbocycles. The lowest BCUT2D eigenvalue weighted by Crippen LogP contribution is -2.42. The SMILES string of the molecule is CC(CC1CCC1)NC1CC(=O)N(C)C1=O. The van der Waals surface area contributed by atoms with Crippen molar-refractivity contribution in [1.29, 1.82) is 0 Å². The first-order chi connectivity index (χ1) is 7.58. The summed E-state index contributed by atoms with van der Waals surface area (Å²) in [5, 5.41) is 3.28. The number of carbonyl (C=O) groups is 2. The van der Waals surface area contributed by atoms with Crippen molar-refractivity contribution in [2.75, 3.05) is 7.05 Å². The van der Waals surface area contributed by atoms with Crippen LogP contribution in [0.3, 0.4) is 0 Å². The highest BCUT2D eigenvalue weighted by Crippen LogP contribution is 2.30. The predicted octanol–water partition coefficient (Wildman–Crippen LogP) is 0.912. The van der Waals surface area contributed by atoms with E-state index in [-0.39, 0.29) is 17.9 Å². The zero-order valence-corrected chi connectivity index (χ0v) is 10.0. The Morgan fingerprint density at radius 3 is 2.56 bits per heavy atom. The van der Waals surface area contributed by atoms with Gasteiger partial charge in [0.2, 0.25) is 11.8 Å². The molecule has 2 aliphatic rings. The van der Waals surface area contributed by atoms with Crippen LogP contribution in [-0.4, -0.2) is 35.8 Å². The van der Waals surface area contributed by atoms with E-state index in [1.807, 2.05) is 0 Å². The predicted molar refractivity (Wildman–Crippen MR) is 60.7 cm³/mol. The summed E-state index contributed by atoms with van der Waals surface area (Å²) in [6.45, 7) is 2.11. The van der Waals surface area contributed by atoms with E-state index >= 15 is 0 Å². The number of likely N-dealkylation sites (N-methyl/N-ethyl adjacent to an activating group) is 1. The Morgan fingerprint density at radius 1 is 1.44 bits per heavy atom. The molecule has 1 aliphatic heterocycles. The second-order valence-electron chi connectivity index (χ2n) is 5.15. The standard InChI is InChI=1S/C12H20N2O2/c1-8(6-9-4-3-5-9)13-10-7-11(15)14(2)12(10)16/h8-10,13H,3-7H2,1-2H3. The molecule has 0 bridgehead atoms. The average Bonchev–Trinajstić information content (AvgIpc) is 2.40. The fourth-order valence-corrected chi connectivity index (χ4v) is 2.53. The molecule has 0 aromatic carbocycles. The van der Waals surface area contributed by atoms with E-state index in [2.05, 4.69) is 12.2 Å². The number of nitrogens with zero attached hydrogens (tertiary/aromatic N) is 1. The summed E-state index contributed by atoms with van der Waals surface area (Å²) in [5.41, 5.74) is 0. The van der Waals surface area contributed by atoms with E-state index in [0.29, 0.717) is 12.5 Å². The van der Waals surface area contributed by atoms with Crippen LogP contribution in [0.25, 0.3) is 0 Å². The molecule has 0 aromatic heterocycles. The van der Waals surface area contributed by atoms with Gasteiger partial charge in [-0.3, -0.25) is 14.5 Å². The van der Waals surface area contributed by atoms with Crippen molar-refractivity contribution in [1.82, 2.24) is 10.2 Å². The van der Waals surface area contributed by atoms with Gasteiger partial charge in [-0.2, -0.15) is 0 Å². The number of nitrogens with one attached hydrogen (secondary N) is 1. The number of carbonyl (C=O) groups excluding carboxylic acids is 2. The minimum absolute atomic E-state index is 0.0710. The van der Waals surface area contributed by atoms with Gasteiger partial charge in [0.05, 0.1) is 12.5 Å². The quantitative estimate of drug-likeness (QED) is 0.722. The summed E-state index contributed by atoms with van der Waals surface area (Å²) in [5.74, 6) is 0.677. The van der Waals surface area contributed by atoms with Gasteiger partial charge in [-0.05, 0) is 19.3 Å². The highest BCUT2D eigenvalue weighted by Gasteiger charge is 2.36. The first-order valence-electron chi connectivity index (χ1n) is 6.14. The zero-order chi connectivity index (χ0) is 11.7. The molecule has 4 heteroatoms. The van der Waals surface area contributed by atoms with Crippen LogP contribution in [0.15, 0.2) is 0 Å². The van der Waals surface area contributed by atoms with Gasteiger partial charge in [0.25, 0.3) is 0 Å². The van der Waals surface area contributed by atoms with Crippen LogP contribution in [0.1, 0.15) is 39.0 Å². The van der Waals surface area contributed by atoms with Gasteiger partial charge in [-0.25, -0.2) is 0 Å². The Hall–Kier alpha value is -0.900. The third-order valence-corrected chi connectivity index (χ3v) is 3.78. The Kier molecular flexibility index (Phi) is 3.28. The minimum Gasteiger partial charge on any atom is -0.303 e. The molecule has 0 aromatic rings. The maximum atomic E-state index is 11.7. The fourth-order valence-electron chi connectivity index (χ4n) is 2.53. The van der Waals surface area contributed by atoms with E-state index in [4.69, 9.17) is 0 Å². The first-order valence-corrected chi connectivity index (χ1v) is 6.14. The summed E-state index contributed by atoms with van der Waals surface area (Å²) >= 11 is 0. The van der Waals surface area contributed by atoms with Crippen LogP contribution in [0.2, 0.25) is 0 Å². The van der Waals surface area contributed by atoms with Crippen LogP contribution in [0, 0.1) is 5.92 Å². The first kappa shape index (κ1) is 11.6. The van der Waals surface area contributed by atoms with Gasteiger partial charge in [0.1, 0.15) is 0 Å². The number of hydrogen-bond donors (Lipinski definition) is 1. The number of hydrogen-bond acceptors (Lipinski definition) is 3. The monoisotopic (exact) mass is 224 g/mol. The maximum absolute atomic E-state index is 11.7. The molecule has 2 rings (SSSR count). The highest BCUT2D eigenvalue weighted by atomic mass is 16.2. The second kappa shape index (κ2) is 4.53. The van der Waals surface area contributed by atoms with Crippen molar-refractivity contribution in [3.63, 3.8) is 0 Å². The molecule has 2 fully saturated rings. The van der Waals surface area contributed by atoms with Crippen LogP contribution in [0.4, 0.5) is 0 Å². The molecular formula is C12H20N2O2. The third kappa shape index (κ3) is 2.26. The molecule has 2 unspecified atom stereocenters. The lowest BCUT2D eigenvalue weighted by atomic mass is 9.81. The maximum Gasteiger partial charge on any atom is 0.246 e. The van der Waals surface area contributed by atoms with Crippen molar-refractivity contribution in [2.45, 2.75) is 51.1 Å². The molecule has 90 valence electrons. The van der Waals surface area contributed by atoms with Gasteiger partial charge >= 0.3 is 0 Å². The average molecular weight is 224 g/mol. The van der Waals surface area contributed by atoms with Crippen molar-refractivity contribution in [3.8, 4) is 0 Å². The Balaban J connectivity index is 1.80. The lowest BCUT2D eigenvalue weighted by Gasteiger charge is -2.29. The summed E-state index contributed by atoms with van der Waals surface area (Å²) in [6.07, 6.45) is 5.44. The molecular weight excluding hydrogens is 204 g/mol. The second-order valence-corrected chi connectivity index (χ2v) is 5.15. The molecule has 4 nitrogen and oxygen atoms in total. The third-order valence-electron chi connectivity index (χ3n) is 3.78. The van der Waals surface area contributed by atoms with E-state index in [0.717, 1.165) is 12.3 Å². The van der Waals surface area contributed by atoms with E-state index in [9.17, 15) is 9.59 Å². The number of rotatable bonds is 4. The normalized spacial score (nSPS) is 28.4. The summed E-state index contributed by atoms with van der Waals surface area (Å²) in [7, 11) is 1.56. The molecule has 2 atom stereocenters. The van der Waals surface area contributed by atoms with Gasteiger partial charge in [-0.15, -0.1) is 0 Å². The van der Waals surface area contributed by atoms with Crippen molar-refractivity contribution in [2.24, 2.45) is 5.92 Å². The van der Waals surface area contributed by atoms with Gasteiger partial charge in [0, 0.05) is 13.1 Å². The van der Waals surface area contributed by atoms with E-state index < -0.39 is 0 Å². The number of imide groups is 1. The molecule has 1 aliphatic carbocycles. The van der Waals surface area contributed by atoms with Crippen molar-refractivity contribution in [3.05, 3.63) is 0 Å². The molecule has 1 heterocycles. The lowest BCUT2D eigenvalue weighted by molar-refractivity contribution is -0.137. The van der Waals surface area contributed by atoms with E-state index in [1.165, 1.54) is 24.2 Å². The van der Waals surface area contributed by atoms with Gasteiger partial charge in [0.15, 0.2) is 0 Å². The molecule has 0 spiro atoms. The summed E-state index contributed by atoms with van der Waals surface area (Å²) in [4.78, 5) is 24.2. The van der Waals surface area contributed by atoms with Crippen molar-refractivity contribution >= 4 is 11.8 Å². The van der Waals surface area contributed by atoms with Crippen molar-refractivity contribution < 1.29 is 9.59 Å². The van der Waals surface area contributed by atoms with Crippen LogP contribution in [0.5, 0.6) is 0 Å². The Bertz CT molecular complexity index is 299. The van der Waals surface area contributed by atoms with Gasteiger partial charge in [-0.1, -0.05) is 19.3 Å². The molecule has 1 saturated heterocycles. The van der Waals surface area contributed by atoms with E-state index in [1.54, 1.807) is 7.05 Å². The van der Waals surface area contributed by atoms with Gasteiger partial charge < -0.3 is 5.32 Å². The number of amides is 2. The molecule has 0 radical (unpaired) electrons. The summed E-state index contributed by atoms with van der Waals surface area (Å²) in [6, 6.07) is 0.0473. The van der Waals surface area contributed by atoms with Crippen LogP contribution < -0.4 is 5.32 Å². The summed E-state index contributed by atoms with van der Waals surface area (Å²) < 4.78 is 0. The Labute approximate surface area is 96.4 Å². The smallest absolute Gasteiger partial charge is 0.246 e. The van der Waals surface area contributed by atoms with Crippen LogP contribution in [-0.2, 0) is 9.59 Å². The fraction of sp³-hybridized carbons (Fsp3) is 0.833. The Morgan fingerprint density at radius 2 is 2.12 bits per heavy atom. The zero-order valence-electron chi connectivity index (χ0n) is 10.0.